The van der Waals surface area contributed by atoms with Gasteiger partial charge in [-0.2, -0.15) is 0 Å². The van der Waals surface area contributed by atoms with Crippen LogP contribution in [-0.4, -0.2) is 17.9 Å². The number of amides is 1. The maximum absolute atomic E-state index is 12.3. The van der Waals surface area contributed by atoms with Crippen LogP contribution < -0.4 is 0 Å². The lowest BCUT2D eigenvalue weighted by Gasteiger charge is -2.29. The molecule has 0 saturated heterocycles. The molecule has 1 aromatic carbocycles. The Morgan fingerprint density at radius 1 is 1.28 bits per heavy atom. The van der Waals surface area contributed by atoms with E-state index in [9.17, 15) is 4.79 Å². The first-order valence-corrected chi connectivity index (χ1v) is 6.60. The third kappa shape index (κ3) is 3.12. The van der Waals surface area contributed by atoms with Crippen molar-refractivity contribution < 1.29 is 4.79 Å². The van der Waals surface area contributed by atoms with Crippen LogP contribution in [0.15, 0.2) is 18.2 Å². The van der Waals surface area contributed by atoms with Gasteiger partial charge in [0.1, 0.15) is 0 Å². The molecule has 2 heteroatoms. The minimum Gasteiger partial charge on any atom is -0.341 e. The summed E-state index contributed by atoms with van der Waals surface area (Å²) in [6, 6.07) is 6.27. The molecular weight excluding hydrogens is 222 g/mol. The van der Waals surface area contributed by atoms with E-state index in [1.54, 1.807) is 0 Å². The van der Waals surface area contributed by atoms with E-state index in [2.05, 4.69) is 39.0 Å². The van der Waals surface area contributed by atoms with Crippen LogP contribution in [0.4, 0.5) is 0 Å². The van der Waals surface area contributed by atoms with Crippen LogP contribution in [0.1, 0.15) is 43.9 Å². The van der Waals surface area contributed by atoms with E-state index in [-0.39, 0.29) is 11.3 Å². The van der Waals surface area contributed by atoms with E-state index < -0.39 is 0 Å². The predicted octanol–water partition coefficient (Wildman–Crippen LogP) is 3.70. The summed E-state index contributed by atoms with van der Waals surface area (Å²) in [6.07, 6.45) is 0.864. The van der Waals surface area contributed by atoms with Crippen molar-refractivity contribution in [1.29, 1.82) is 0 Å². The summed E-state index contributed by atoms with van der Waals surface area (Å²) < 4.78 is 0. The number of benzene rings is 1. The summed E-state index contributed by atoms with van der Waals surface area (Å²) in [5.41, 5.74) is 3.53. The second kappa shape index (κ2) is 5.55. The number of hydrogen-bond donors (Lipinski definition) is 0. The molecule has 0 saturated carbocycles. The number of aryl methyl sites for hydroxylation is 1. The van der Waals surface area contributed by atoms with Gasteiger partial charge in [-0.1, -0.05) is 39.0 Å². The number of rotatable bonds is 4. The lowest BCUT2D eigenvalue weighted by molar-refractivity contribution is -0.139. The van der Waals surface area contributed by atoms with Crippen molar-refractivity contribution in [3.05, 3.63) is 34.9 Å². The highest BCUT2D eigenvalue weighted by atomic mass is 16.2. The highest BCUT2D eigenvalue weighted by molar-refractivity contribution is 5.81. The molecule has 0 radical (unpaired) electrons. The molecule has 0 bridgehead atoms. The topological polar surface area (TPSA) is 20.3 Å². The molecule has 0 heterocycles. The van der Waals surface area contributed by atoms with Crippen molar-refractivity contribution >= 4 is 5.91 Å². The van der Waals surface area contributed by atoms with Crippen molar-refractivity contribution in [1.82, 2.24) is 4.90 Å². The Balaban J connectivity index is 2.85. The smallest absolute Gasteiger partial charge is 0.228 e. The van der Waals surface area contributed by atoms with Crippen LogP contribution in [0.25, 0.3) is 0 Å². The molecule has 0 aromatic heterocycles. The third-order valence-corrected chi connectivity index (χ3v) is 3.93. The van der Waals surface area contributed by atoms with Gasteiger partial charge in [-0.15, -0.1) is 0 Å². The number of carbonyl (C=O) groups excluding carboxylic acids is 1. The second-order valence-corrected chi connectivity index (χ2v) is 5.76. The Labute approximate surface area is 111 Å². The van der Waals surface area contributed by atoms with Gasteiger partial charge in [0.25, 0.3) is 0 Å². The summed E-state index contributed by atoms with van der Waals surface area (Å²) >= 11 is 0. The molecule has 0 N–H and O–H groups in total. The van der Waals surface area contributed by atoms with Crippen LogP contribution in [0.5, 0.6) is 0 Å². The Morgan fingerprint density at radius 3 is 2.44 bits per heavy atom. The Bertz CT molecular complexity index is 435. The number of nitrogens with zero attached hydrogens (tertiary/aromatic N) is 1. The molecule has 1 aromatic rings. The van der Waals surface area contributed by atoms with Gasteiger partial charge in [-0.3, -0.25) is 4.79 Å². The molecule has 18 heavy (non-hydrogen) atoms. The first-order chi connectivity index (χ1) is 8.29. The molecule has 0 aliphatic rings. The average molecular weight is 247 g/mol. The monoisotopic (exact) mass is 247 g/mol. The van der Waals surface area contributed by atoms with Crippen molar-refractivity contribution in [3.8, 4) is 0 Å². The minimum atomic E-state index is -0.271. The molecule has 100 valence electrons. The standard InChI is InChI=1S/C16H25NO/c1-7-16(4,5)15(18)17(6)11-14-10-8-9-12(2)13(14)3/h8-10H,7,11H2,1-6H3. The van der Waals surface area contributed by atoms with Crippen LogP contribution in [0.3, 0.4) is 0 Å². The normalized spacial score (nSPS) is 11.4. The van der Waals surface area contributed by atoms with Crippen LogP contribution >= 0.6 is 0 Å². The van der Waals surface area contributed by atoms with Gasteiger partial charge < -0.3 is 4.90 Å². The maximum Gasteiger partial charge on any atom is 0.228 e. The van der Waals surface area contributed by atoms with Crippen molar-refractivity contribution in [3.63, 3.8) is 0 Å². The molecule has 0 aliphatic heterocycles. The Kier molecular flexibility index (Phi) is 4.55. The van der Waals surface area contributed by atoms with E-state index >= 15 is 0 Å². The van der Waals surface area contributed by atoms with E-state index in [0.717, 1.165) is 6.42 Å². The van der Waals surface area contributed by atoms with E-state index in [1.807, 2.05) is 25.8 Å². The fourth-order valence-corrected chi connectivity index (χ4v) is 1.98. The quantitative estimate of drug-likeness (QED) is 0.794. The fourth-order valence-electron chi connectivity index (χ4n) is 1.98. The molecule has 2 nitrogen and oxygen atoms in total. The zero-order valence-electron chi connectivity index (χ0n) is 12.5. The van der Waals surface area contributed by atoms with E-state index in [1.165, 1.54) is 16.7 Å². The van der Waals surface area contributed by atoms with Crippen LogP contribution in [0.2, 0.25) is 0 Å². The van der Waals surface area contributed by atoms with Gasteiger partial charge in [0, 0.05) is 19.0 Å². The molecule has 0 unspecified atom stereocenters. The largest absolute Gasteiger partial charge is 0.341 e. The highest BCUT2D eigenvalue weighted by Crippen LogP contribution is 2.24. The van der Waals surface area contributed by atoms with Crippen molar-refractivity contribution in [2.45, 2.75) is 47.6 Å². The lowest BCUT2D eigenvalue weighted by atomic mass is 9.88. The average Bonchev–Trinajstić information content (AvgIpc) is 2.33. The SMILES string of the molecule is CCC(C)(C)C(=O)N(C)Cc1cccc(C)c1C. The zero-order valence-corrected chi connectivity index (χ0v) is 12.5. The fraction of sp³-hybridized carbons (Fsp3) is 0.562. The first kappa shape index (κ1) is 14.7. The molecule has 0 fully saturated rings. The third-order valence-electron chi connectivity index (χ3n) is 3.93. The minimum absolute atomic E-state index is 0.214. The van der Waals surface area contributed by atoms with Crippen LogP contribution in [-0.2, 0) is 11.3 Å². The van der Waals surface area contributed by atoms with E-state index in [4.69, 9.17) is 0 Å². The summed E-state index contributed by atoms with van der Waals surface area (Å²) in [5.74, 6) is 0.214. The van der Waals surface area contributed by atoms with Crippen molar-refractivity contribution in [2.75, 3.05) is 7.05 Å². The lowest BCUT2D eigenvalue weighted by Crippen LogP contribution is -2.37. The molecule has 0 spiro atoms. The van der Waals surface area contributed by atoms with Gasteiger partial charge in [0.15, 0.2) is 0 Å². The summed E-state index contributed by atoms with van der Waals surface area (Å²) in [7, 11) is 1.89. The van der Waals surface area contributed by atoms with Gasteiger partial charge >= 0.3 is 0 Å². The molecule has 0 atom stereocenters. The molecule has 0 aliphatic carbocycles. The molecular formula is C16H25NO. The van der Waals surface area contributed by atoms with E-state index in [0.29, 0.717) is 6.54 Å². The van der Waals surface area contributed by atoms with Gasteiger partial charge in [-0.25, -0.2) is 0 Å². The van der Waals surface area contributed by atoms with Crippen LogP contribution in [0, 0.1) is 19.3 Å². The van der Waals surface area contributed by atoms with Crippen molar-refractivity contribution in [2.24, 2.45) is 5.41 Å². The maximum atomic E-state index is 12.3. The second-order valence-electron chi connectivity index (χ2n) is 5.76. The molecule has 1 rings (SSSR count). The summed E-state index contributed by atoms with van der Waals surface area (Å²) in [5, 5.41) is 0. The molecule has 1 amide bonds. The zero-order chi connectivity index (χ0) is 13.9. The van der Waals surface area contributed by atoms with Gasteiger partial charge in [0.05, 0.1) is 0 Å². The predicted molar refractivity (Wildman–Crippen MR) is 76.5 cm³/mol. The highest BCUT2D eigenvalue weighted by Gasteiger charge is 2.28. The Hall–Kier alpha value is -1.31. The summed E-state index contributed by atoms with van der Waals surface area (Å²) in [6.45, 7) is 11.0. The summed E-state index contributed by atoms with van der Waals surface area (Å²) in [4.78, 5) is 14.2. The number of carbonyl (C=O) groups is 1. The van der Waals surface area contributed by atoms with Gasteiger partial charge in [-0.05, 0) is 37.0 Å². The first-order valence-electron chi connectivity index (χ1n) is 6.60. The number of hydrogen-bond acceptors (Lipinski definition) is 1. The van der Waals surface area contributed by atoms with Gasteiger partial charge in [0.2, 0.25) is 5.91 Å². The Morgan fingerprint density at radius 2 is 1.89 bits per heavy atom.